The molecule has 0 aliphatic carbocycles. The summed E-state index contributed by atoms with van der Waals surface area (Å²) in [5, 5.41) is 5.73. The maximum atomic E-state index is 11.4. The molecule has 112 valence electrons. The fourth-order valence-electron chi connectivity index (χ4n) is 2.51. The number of nitrogens with one attached hydrogen (secondary N) is 2. The molecular weight excluding hydrogens is 258 g/mol. The third-order valence-electron chi connectivity index (χ3n) is 3.85. The number of hydrogen-bond donors (Lipinski definition) is 2. The van der Waals surface area contributed by atoms with Crippen molar-refractivity contribution >= 4 is 17.9 Å². The molecule has 0 aromatic carbocycles. The van der Waals surface area contributed by atoms with E-state index in [1.807, 2.05) is 0 Å². The monoisotopic (exact) mass is 281 g/mol. The van der Waals surface area contributed by atoms with E-state index in [0.29, 0.717) is 13.1 Å². The number of aliphatic imine (C=N–C) groups is 1. The largest absolute Gasteiger partial charge is 0.354 e. The molecule has 7 nitrogen and oxygen atoms in total. The molecule has 3 amide bonds. The Kier molecular flexibility index (Phi) is 4.81. The third kappa shape index (κ3) is 3.40. The molecule has 2 aliphatic heterocycles. The third-order valence-corrected chi connectivity index (χ3v) is 3.85. The highest BCUT2D eigenvalue weighted by Gasteiger charge is 2.28. The number of nitrogens with zero attached hydrogens (tertiary/aromatic N) is 3. The van der Waals surface area contributed by atoms with Crippen LogP contribution in [0.4, 0.5) is 4.79 Å². The topological polar surface area (TPSA) is 77.0 Å². The van der Waals surface area contributed by atoms with Gasteiger partial charge in [0, 0.05) is 33.2 Å². The second-order valence-electron chi connectivity index (χ2n) is 5.35. The van der Waals surface area contributed by atoms with Crippen molar-refractivity contribution in [2.24, 2.45) is 10.9 Å². The van der Waals surface area contributed by atoms with Crippen molar-refractivity contribution in [3.8, 4) is 0 Å². The van der Waals surface area contributed by atoms with Crippen molar-refractivity contribution < 1.29 is 9.59 Å². The highest BCUT2D eigenvalue weighted by Crippen LogP contribution is 2.15. The fraction of sp³-hybridized carbons (Fsp3) is 0.769. The Morgan fingerprint density at radius 2 is 2.10 bits per heavy atom. The summed E-state index contributed by atoms with van der Waals surface area (Å²) in [5.74, 6) is 1.46. The molecule has 0 unspecified atom stereocenters. The van der Waals surface area contributed by atoms with Crippen molar-refractivity contribution in [1.82, 2.24) is 20.4 Å². The zero-order chi connectivity index (χ0) is 14.5. The second kappa shape index (κ2) is 6.58. The Labute approximate surface area is 119 Å². The van der Waals surface area contributed by atoms with Crippen molar-refractivity contribution in [2.45, 2.75) is 19.8 Å². The van der Waals surface area contributed by atoms with Crippen LogP contribution in [-0.2, 0) is 4.79 Å². The molecule has 0 bridgehead atoms. The SMILES string of the molecule is CN=C(NCCN1C(=O)CNC1=O)N1CCC(C)CC1. The van der Waals surface area contributed by atoms with Crippen LogP contribution in [0.15, 0.2) is 4.99 Å². The minimum atomic E-state index is -0.307. The van der Waals surface area contributed by atoms with Gasteiger partial charge in [-0.2, -0.15) is 0 Å². The summed E-state index contributed by atoms with van der Waals surface area (Å²) >= 11 is 0. The molecule has 0 aromatic rings. The Morgan fingerprint density at radius 3 is 2.65 bits per heavy atom. The van der Waals surface area contributed by atoms with E-state index < -0.39 is 0 Å². The number of urea groups is 1. The highest BCUT2D eigenvalue weighted by molar-refractivity contribution is 6.01. The molecule has 2 rings (SSSR count). The molecule has 2 heterocycles. The molecule has 0 saturated carbocycles. The van der Waals surface area contributed by atoms with E-state index in [2.05, 4.69) is 27.4 Å². The van der Waals surface area contributed by atoms with Crippen molar-refractivity contribution in [3.05, 3.63) is 0 Å². The highest BCUT2D eigenvalue weighted by atomic mass is 16.2. The molecule has 2 saturated heterocycles. The van der Waals surface area contributed by atoms with E-state index in [-0.39, 0.29) is 18.5 Å². The van der Waals surface area contributed by atoms with Crippen LogP contribution in [0.2, 0.25) is 0 Å². The number of piperidine rings is 1. The van der Waals surface area contributed by atoms with Gasteiger partial charge in [0.1, 0.15) is 0 Å². The Hall–Kier alpha value is -1.79. The summed E-state index contributed by atoms with van der Waals surface area (Å²) in [5.41, 5.74) is 0. The van der Waals surface area contributed by atoms with Gasteiger partial charge in [0.25, 0.3) is 0 Å². The van der Waals surface area contributed by atoms with E-state index >= 15 is 0 Å². The van der Waals surface area contributed by atoms with E-state index in [1.165, 1.54) is 17.7 Å². The molecule has 2 aliphatic rings. The van der Waals surface area contributed by atoms with Gasteiger partial charge in [0.05, 0.1) is 6.54 Å². The van der Waals surface area contributed by atoms with Crippen LogP contribution in [0, 0.1) is 5.92 Å². The van der Waals surface area contributed by atoms with Crippen LogP contribution in [0.1, 0.15) is 19.8 Å². The Balaban J connectivity index is 1.77. The van der Waals surface area contributed by atoms with E-state index in [0.717, 1.165) is 25.0 Å². The normalized spacial score (nSPS) is 21.4. The lowest BCUT2D eigenvalue weighted by atomic mass is 10.00. The van der Waals surface area contributed by atoms with Gasteiger partial charge in [-0.1, -0.05) is 6.92 Å². The second-order valence-corrected chi connectivity index (χ2v) is 5.35. The van der Waals surface area contributed by atoms with Gasteiger partial charge in [0.15, 0.2) is 5.96 Å². The number of carbonyl (C=O) groups excluding carboxylic acids is 2. The van der Waals surface area contributed by atoms with Gasteiger partial charge < -0.3 is 15.5 Å². The smallest absolute Gasteiger partial charge is 0.324 e. The molecule has 0 radical (unpaired) electrons. The molecule has 0 atom stereocenters. The number of likely N-dealkylation sites (tertiary alicyclic amines) is 1. The van der Waals surface area contributed by atoms with E-state index in [4.69, 9.17) is 0 Å². The maximum absolute atomic E-state index is 11.4. The van der Waals surface area contributed by atoms with Crippen molar-refractivity contribution in [3.63, 3.8) is 0 Å². The molecule has 2 fully saturated rings. The lowest BCUT2D eigenvalue weighted by molar-refractivity contribution is -0.124. The lowest BCUT2D eigenvalue weighted by Gasteiger charge is -2.33. The summed E-state index contributed by atoms with van der Waals surface area (Å²) in [7, 11) is 1.76. The summed E-state index contributed by atoms with van der Waals surface area (Å²) in [6.07, 6.45) is 2.35. The quantitative estimate of drug-likeness (QED) is 0.428. The minimum Gasteiger partial charge on any atom is -0.354 e. The first-order valence-electron chi connectivity index (χ1n) is 7.15. The number of carbonyl (C=O) groups is 2. The first-order valence-corrected chi connectivity index (χ1v) is 7.15. The number of amides is 3. The van der Waals surface area contributed by atoms with Gasteiger partial charge >= 0.3 is 6.03 Å². The number of guanidine groups is 1. The number of imide groups is 1. The zero-order valence-corrected chi connectivity index (χ0v) is 12.2. The predicted molar refractivity (Wildman–Crippen MR) is 76.4 cm³/mol. The van der Waals surface area contributed by atoms with Gasteiger partial charge in [-0.3, -0.25) is 14.7 Å². The van der Waals surface area contributed by atoms with Gasteiger partial charge in [-0.15, -0.1) is 0 Å². The first kappa shape index (κ1) is 14.6. The maximum Gasteiger partial charge on any atom is 0.324 e. The average molecular weight is 281 g/mol. The summed E-state index contributed by atoms with van der Waals surface area (Å²) in [6.45, 7) is 5.28. The first-order chi connectivity index (χ1) is 9.61. The van der Waals surface area contributed by atoms with Crippen LogP contribution >= 0.6 is 0 Å². The molecule has 2 N–H and O–H groups in total. The van der Waals surface area contributed by atoms with Gasteiger partial charge in [0.2, 0.25) is 5.91 Å². The molecular formula is C13H23N5O2. The molecule has 20 heavy (non-hydrogen) atoms. The van der Waals surface area contributed by atoms with Crippen molar-refractivity contribution in [1.29, 1.82) is 0 Å². The summed E-state index contributed by atoms with van der Waals surface area (Å²) in [6, 6.07) is -0.307. The minimum absolute atomic E-state index is 0.109. The molecule has 0 spiro atoms. The fourth-order valence-corrected chi connectivity index (χ4v) is 2.51. The number of rotatable bonds is 3. The zero-order valence-electron chi connectivity index (χ0n) is 12.2. The summed E-state index contributed by atoms with van der Waals surface area (Å²) < 4.78 is 0. The van der Waals surface area contributed by atoms with E-state index in [1.54, 1.807) is 7.05 Å². The predicted octanol–water partition coefficient (Wildman–Crippen LogP) is -0.154. The van der Waals surface area contributed by atoms with Crippen molar-refractivity contribution in [2.75, 3.05) is 39.8 Å². The Bertz CT molecular complexity index is 386. The Morgan fingerprint density at radius 1 is 1.40 bits per heavy atom. The van der Waals surface area contributed by atoms with Crippen LogP contribution in [0.3, 0.4) is 0 Å². The van der Waals surface area contributed by atoms with Gasteiger partial charge in [-0.25, -0.2) is 4.79 Å². The van der Waals surface area contributed by atoms with Crippen LogP contribution < -0.4 is 10.6 Å². The molecule has 0 aromatic heterocycles. The summed E-state index contributed by atoms with van der Waals surface area (Å²) in [4.78, 5) is 30.6. The van der Waals surface area contributed by atoms with Crippen LogP contribution in [0.5, 0.6) is 0 Å². The van der Waals surface area contributed by atoms with Crippen LogP contribution in [-0.4, -0.2) is 67.5 Å². The molecule has 7 heteroatoms. The van der Waals surface area contributed by atoms with Gasteiger partial charge in [-0.05, 0) is 18.8 Å². The van der Waals surface area contributed by atoms with Crippen LogP contribution in [0.25, 0.3) is 0 Å². The number of hydrogen-bond acceptors (Lipinski definition) is 3. The standard InChI is InChI=1S/C13H23N5O2/c1-10-3-6-17(7-4-10)12(14-2)15-5-8-18-11(19)9-16-13(18)20/h10H,3-9H2,1-2H3,(H,14,15)(H,16,20). The average Bonchev–Trinajstić information content (AvgIpc) is 2.76. The lowest BCUT2D eigenvalue weighted by Crippen LogP contribution is -2.47. The van der Waals surface area contributed by atoms with E-state index in [9.17, 15) is 9.59 Å².